The number of aromatic nitrogens is 4. The van der Waals surface area contributed by atoms with Crippen molar-refractivity contribution in [2.24, 2.45) is 0 Å². The van der Waals surface area contributed by atoms with Gasteiger partial charge < -0.3 is 9.64 Å². The molecule has 0 aliphatic carbocycles. The van der Waals surface area contributed by atoms with E-state index in [0.717, 1.165) is 37.9 Å². The molecule has 5 rings (SSSR count). The van der Waals surface area contributed by atoms with Gasteiger partial charge in [-0.1, -0.05) is 25.8 Å². The molecule has 1 fully saturated rings. The van der Waals surface area contributed by atoms with Crippen LogP contribution in [0, 0.1) is 5.82 Å². The lowest BCUT2D eigenvalue weighted by molar-refractivity contribution is 0.0599. The molecule has 196 valence electrons. The summed E-state index contributed by atoms with van der Waals surface area (Å²) in [6.07, 6.45) is 6.29. The average Bonchev–Trinajstić information content (AvgIpc) is 3.25. The van der Waals surface area contributed by atoms with Crippen molar-refractivity contribution in [3.8, 4) is 22.5 Å². The molecule has 0 spiro atoms. The fraction of sp³-hybridized carbons (Fsp3) is 0.345. The zero-order valence-electron chi connectivity index (χ0n) is 21.8. The van der Waals surface area contributed by atoms with E-state index in [-0.39, 0.29) is 11.9 Å². The number of carbonyl (C=O) groups is 2. The second-order valence-corrected chi connectivity index (χ2v) is 9.60. The van der Waals surface area contributed by atoms with Crippen LogP contribution in [0.3, 0.4) is 0 Å². The number of fused-ring (bicyclic) bond motifs is 1. The Bertz CT molecular complexity index is 1500. The van der Waals surface area contributed by atoms with Crippen molar-refractivity contribution in [1.82, 2.24) is 24.5 Å². The molecule has 38 heavy (non-hydrogen) atoms. The number of benzene rings is 1. The topological polar surface area (TPSA) is 89.7 Å². The number of methoxy groups -OCH3 is 1. The average molecular weight is 516 g/mol. The van der Waals surface area contributed by atoms with Gasteiger partial charge in [0.2, 0.25) is 0 Å². The highest BCUT2D eigenvalue weighted by molar-refractivity contribution is 5.93. The van der Waals surface area contributed by atoms with Crippen LogP contribution in [0.25, 0.3) is 28.2 Å². The monoisotopic (exact) mass is 515 g/mol. The third-order valence-corrected chi connectivity index (χ3v) is 7.12. The highest BCUT2D eigenvalue weighted by Gasteiger charge is 2.25. The minimum Gasteiger partial charge on any atom is -0.465 e. The van der Waals surface area contributed by atoms with Gasteiger partial charge >= 0.3 is 5.97 Å². The van der Waals surface area contributed by atoms with Gasteiger partial charge in [-0.15, -0.1) is 0 Å². The molecule has 0 radical (unpaired) electrons. The first-order valence-corrected chi connectivity index (χ1v) is 12.9. The third-order valence-electron chi connectivity index (χ3n) is 7.12. The minimum atomic E-state index is -0.483. The smallest absolute Gasteiger partial charge is 0.339 e. The lowest BCUT2D eigenvalue weighted by atomic mass is 10.1. The van der Waals surface area contributed by atoms with E-state index in [1.165, 1.54) is 19.4 Å². The Hall–Kier alpha value is -4.14. The first kappa shape index (κ1) is 25.5. The van der Waals surface area contributed by atoms with Crippen molar-refractivity contribution < 1.29 is 18.7 Å². The Balaban J connectivity index is 1.46. The number of esters is 1. The first-order chi connectivity index (χ1) is 18.4. The maximum absolute atomic E-state index is 15.3. The number of rotatable bonds is 5. The molecule has 4 heterocycles. The van der Waals surface area contributed by atoms with E-state index in [4.69, 9.17) is 4.74 Å². The number of aryl methyl sites for hydroxylation is 1. The van der Waals surface area contributed by atoms with Crippen LogP contribution in [-0.4, -0.2) is 56.1 Å². The van der Waals surface area contributed by atoms with E-state index in [0.29, 0.717) is 45.8 Å². The van der Waals surface area contributed by atoms with Crippen molar-refractivity contribution in [3.05, 3.63) is 71.4 Å². The van der Waals surface area contributed by atoms with E-state index >= 15 is 4.39 Å². The number of halogens is 1. The van der Waals surface area contributed by atoms with Crippen molar-refractivity contribution >= 4 is 17.5 Å². The Morgan fingerprint density at radius 1 is 1.08 bits per heavy atom. The van der Waals surface area contributed by atoms with E-state index in [1.807, 2.05) is 11.8 Å². The van der Waals surface area contributed by atoms with Crippen molar-refractivity contribution in [2.75, 3.05) is 13.7 Å². The van der Waals surface area contributed by atoms with Crippen LogP contribution in [-0.2, 0) is 11.2 Å². The van der Waals surface area contributed by atoms with Crippen LogP contribution < -0.4 is 0 Å². The molecule has 0 saturated carbocycles. The van der Waals surface area contributed by atoms with Crippen LogP contribution in [0.1, 0.15) is 66.1 Å². The summed E-state index contributed by atoms with van der Waals surface area (Å²) >= 11 is 0. The minimum absolute atomic E-state index is 0.0689. The Morgan fingerprint density at radius 3 is 2.63 bits per heavy atom. The largest absolute Gasteiger partial charge is 0.465 e. The zero-order valence-corrected chi connectivity index (χ0v) is 21.8. The number of hydrogen-bond acceptors (Lipinski definition) is 6. The number of hydrogen-bond donors (Lipinski definition) is 0. The fourth-order valence-electron chi connectivity index (χ4n) is 4.94. The summed E-state index contributed by atoms with van der Waals surface area (Å²) in [6.45, 7) is 4.82. The molecule has 9 heteroatoms. The van der Waals surface area contributed by atoms with Crippen LogP contribution in [0.4, 0.5) is 4.39 Å². The van der Waals surface area contributed by atoms with Crippen LogP contribution in [0.2, 0.25) is 0 Å². The molecular formula is C29H30FN5O3. The normalized spacial score (nSPS) is 15.9. The molecule has 1 amide bonds. The van der Waals surface area contributed by atoms with E-state index < -0.39 is 11.8 Å². The number of amides is 1. The summed E-state index contributed by atoms with van der Waals surface area (Å²) < 4.78 is 21.7. The van der Waals surface area contributed by atoms with Crippen molar-refractivity contribution in [2.45, 2.75) is 52.0 Å². The Morgan fingerprint density at radius 2 is 1.92 bits per heavy atom. The van der Waals surface area contributed by atoms with Crippen LogP contribution in [0.5, 0.6) is 0 Å². The predicted octanol–water partition coefficient (Wildman–Crippen LogP) is 5.35. The third kappa shape index (κ3) is 4.88. The second-order valence-electron chi connectivity index (χ2n) is 9.60. The highest BCUT2D eigenvalue weighted by atomic mass is 19.1. The molecule has 8 nitrogen and oxygen atoms in total. The molecule has 0 N–H and O–H groups in total. The Kier molecular flexibility index (Phi) is 7.18. The highest BCUT2D eigenvalue weighted by Crippen LogP contribution is 2.28. The summed E-state index contributed by atoms with van der Waals surface area (Å²) in [5.41, 5.74) is 3.90. The SMILES string of the molecule is CCc1cc(C(=O)N2CCCCC[C@H]2C)nc2cc(-c3ccc(-c4ccc(C(=O)OC)cn4)cc3F)nn12. The van der Waals surface area contributed by atoms with Gasteiger partial charge in [-0.2, -0.15) is 5.10 Å². The maximum atomic E-state index is 15.3. The summed E-state index contributed by atoms with van der Waals surface area (Å²) in [6, 6.07) is 11.7. The number of nitrogens with zero attached hydrogens (tertiary/aromatic N) is 5. The van der Waals surface area contributed by atoms with Gasteiger partial charge in [-0.05, 0) is 56.5 Å². The standard InChI is InChI=1S/C29H30FN5O3/c1-4-21-15-26(28(36)34-13-7-5-6-8-18(34)2)32-27-16-25(33-35(21)27)22-11-9-19(14-23(22)30)24-12-10-20(17-31-24)29(37)38-3/h9-12,14-18H,4-8,13H2,1-3H3/t18-/m1/s1. The fourth-order valence-corrected chi connectivity index (χ4v) is 4.94. The summed E-state index contributed by atoms with van der Waals surface area (Å²) in [5.74, 6) is -1.01. The van der Waals surface area contributed by atoms with E-state index in [2.05, 4.69) is 22.0 Å². The van der Waals surface area contributed by atoms with Gasteiger partial charge in [0.15, 0.2) is 5.65 Å². The molecule has 0 bridgehead atoms. The predicted molar refractivity (Wildman–Crippen MR) is 141 cm³/mol. The number of carbonyl (C=O) groups excluding carboxylic acids is 2. The summed E-state index contributed by atoms with van der Waals surface area (Å²) in [5, 5.41) is 4.62. The van der Waals surface area contributed by atoms with Gasteiger partial charge in [0.05, 0.1) is 24.1 Å². The quantitative estimate of drug-likeness (QED) is 0.333. The number of likely N-dealkylation sites (tertiary alicyclic amines) is 1. The van der Waals surface area contributed by atoms with Crippen LogP contribution >= 0.6 is 0 Å². The molecule has 1 atom stereocenters. The summed E-state index contributed by atoms with van der Waals surface area (Å²) in [4.78, 5) is 35.9. The first-order valence-electron chi connectivity index (χ1n) is 12.9. The lowest BCUT2D eigenvalue weighted by Gasteiger charge is -2.27. The van der Waals surface area contributed by atoms with Gasteiger partial charge in [0, 0.05) is 41.7 Å². The second kappa shape index (κ2) is 10.7. The maximum Gasteiger partial charge on any atom is 0.339 e. The van der Waals surface area contributed by atoms with Crippen molar-refractivity contribution in [3.63, 3.8) is 0 Å². The van der Waals surface area contributed by atoms with Gasteiger partial charge in [-0.3, -0.25) is 9.78 Å². The lowest BCUT2D eigenvalue weighted by Crippen LogP contribution is -2.38. The molecule has 4 aromatic rings. The molecule has 0 unspecified atom stereocenters. The Labute approximate surface area is 220 Å². The molecule has 1 aliphatic rings. The molecule has 1 saturated heterocycles. The summed E-state index contributed by atoms with van der Waals surface area (Å²) in [7, 11) is 1.30. The van der Waals surface area contributed by atoms with Gasteiger partial charge in [0.1, 0.15) is 11.5 Å². The number of pyridine rings is 1. The van der Waals surface area contributed by atoms with Gasteiger partial charge in [-0.25, -0.2) is 18.7 Å². The van der Waals surface area contributed by atoms with Crippen molar-refractivity contribution in [1.29, 1.82) is 0 Å². The molecular weight excluding hydrogens is 485 g/mol. The van der Waals surface area contributed by atoms with Crippen LogP contribution in [0.15, 0.2) is 48.7 Å². The molecule has 3 aromatic heterocycles. The number of ether oxygens (including phenoxy) is 1. The molecule has 1 aromatic carbocycles. The van der Waals surface area contributed by atoms with E-state index in [1.54, 1.807) is 40.9 Å². The molecule has 1 aliphatic heterocycles. The zero-order chi connectivity index (χ0) is 26.8. The van der Waals surface area contributed by atoms with Gasteiger partial charge in [0.25, 0.3) is 5.91 Å². The van der Waals surface area contributed by atoms with E-state index in [9.17, 15) is 9.59 Å².